The van der Waals surface area contributed by atoms with Crippen molar-refractivity contribution in [2.45, 2.75) is 49.7 Å². The van der Waals surface area contributed by atoms with Gasteiger partial charge in [-0.2, -0.15) is 5.26 Å². The molecule has 1 aromatic heterocycles. The molecule has 41 heavy (non-hydrogen) atoms. The molecule has 1 aliphatic heterocycles. The summed E-state index contributed by atoms with van der Waals surface area (Å²) in [6.07, 6.45) is 0.0422. The average molecular weight is 566 g/mol. The van der Waals surface area contributed by atoms with Crippen LogP contribution in [-0.2, 0) is 14.4 Å². The van der Waals surface area contributed by atoms with Gasteiger partial charge in [0.25, 0.3) is 11.8 Å². The first-order chi connectivity index (χ1) is 19.6. The van der Waals surface area contributed by atoms with Crippen molar-refractivity contribution >= 4 is 29.2 Å². The van der Waals surface area contributed by atoms with Crippen LogP contribution in [-0.4, -0.2) is 40.7 Å². The Bertz CT molecular complexity index is 1520. The molecule has 210 valence electrons. The summed E-state index contributed by atoms with van der Waals surface area (Å²) >= 11 is 0. The largest absolute Gasteiger partial charge is 0.351 e. The van der Waals surface area contributed by atoms with Crippen LogP contribution in [0.5, 0.6) is 0 Å². The highest BCUT2D eigenvalue weighted by Gasteiger charge is 2.48. The van der Waals surface area contributed by atoms with Gasteiger partial charge in [0.2, 0.25) is 11.8 Å². The fourth-order valence-corrected chi connectivity index (χ4v) is 5.16. The van der Waals surface area contributed by atoms with Crippen LogP contribution in [0.1, 0.15) is 42.9 Å². The molecule has 2 heterocycles. The summed E-state index contributed by atoms with van der Waals surface area (Å²) in [7, 11) is 0. The Morgan fingerprint density at radius 1 is 1.07 bits per heavy atom. The lowest BCUT2D eigenvalue weighted by atomic mass is 9.87. The summed E-state index contributed by atoms with van der Waals surface area (Å²) in [5.41, 5.74) is 0.117. The first-order valence-corrected chi connectivity index (χ1v) is 12.8. The number of amides is 3. The van der Waals surface area contributed by atoms with Gasteiger partial charge in [-0.3, -0.25) is 24.2 Å². The van der Waals surface area contributed by atoms with E-state index in [1.165, 1.54) is 30.5 Å². The van der Waals surface area contributed by atoms with Crippen molar-refractivity contribution in [3.63, 3.8) is 0 Å². The van der Waals surface area contributed by atoms with E-state index in [9.17, 15) is 37.2 Å². The second-order valence-corrected chi connectivity index (χ2v) is 9.95. The Morgan fingerprint density at radius 3 is 2.39 bits per heavy atom. The molecule has 1 saturated heterocycles. The van der Waals surface area contributed by atoms with Crippen LogP contribution >= 0.6 is 0 Å². The number of hydrogen-bond donors (Lipinski definition) is 1. The van der Waals surface area contributed by atoms with E-state index in [0.717, 1.165) is 21.9 Å². The number of carbonyl (C=O) groups is 3. The minimum absolute atomic E-state index is 0.0115. The lowest BCUT2D eigenvalue weighted by molar-refractivity contribution is -0.133. The van der Waals surface area contributed by atoms with Gasteiger partial charge < -0.3 is 5.32 Å². The summed E-state index contributed by atoms with van der Waals surface area (Å²) in [6, 6.07) is 11.3. The van der Waals surface area contributed by atoms with Crippen LogP contribution in [0.15, 0.2) is 66.9 Å². The summed E-state index contributed by atoms with van der Waals surface area (Å²) in [5, 5.41) is 11.8. The van der Waals surface area contributed by atoms with E-state index in [-0.39, 0.29) is 35.5 Å². The van der Waals surface area contributed by atoms with Gasteiger partial charge in [-0.05, 0) is 36.2 Å². The molecule has 2 aliphatic rings. The van der Waals surface area contributed by atoms with Crippen LogP contribution in [0, 0.1) is 23.0 Å². The zero-order valence-corrected chi connectivity index (χ0v) is 21.4. The molecule has 2 aromatic carbocycles. The Labute approximate surface area is 232 Å². The number of anilines is 2. The summed E-state index contributed by atoms with van der Waals surface area (Å²) in [6.45, 7) is 0. The van der Waals surface area contributed by atoms with Crippen LogP contribution < -0.4 is 15.1 Å². The molecular formula is C29H23F4N5O3. The third-order valence-electron chi connectivity index (χ3n) is 7.04. The van der Waals surface area contributed by atoms with Crippen molar-refractivity contribution in [2.75, 3.05) is 9.80 Å². The summed E-state index contributed by atoms with van der Waals surface area (Å²) in [4.78, 5) is 47.1. The number of carbonyl (C=O) groups excluding carboxylic acids is 3. The van der Waals surface area contributed by atoms with Gasteiger partial charge in [-0.1, -0.05) is 30.3 Å². The molecule has 0 radical (unpaired) electrons. The molecule has 0 bridgehead atoms. The number of hydrogen-bond acceptors (Lipinski definition) is 5. The predicted molar refractivity (Wildman–Crippen MR) is 139 cm³/mol. The number of alkyl halides is 2. The lowest BCUT2D eigenvalue weighted by Crippen LogP contribution is -2.56. The van der Waals surface area contributed by atoms with Crippen molar-refractivity contribution in [1.82, 2.24) is 10.3 Å². The minimum Gasteiger partial charge on any atom is -0.351 e. The van der Waals surface area contributed by atoms with E-state index < -0.39 is 66.2 Å². The first-order valence-electron chi connectivity index (χ1n) is 12.8. The Hall–Kier alpha value is -4.79. The third-order valence-corrected chi connectivity index (χ3v) is 7.04. The summed E-state index contributed by atoms with van der Waals surface area (Å²) < 4.78 is 56.0. The van der Waals surface area contributed by atoms with Crippen molar-refractivity contribution in [3.05, 3.63) is 89.6 Å². The van der Waals surface area contributed by atoms with E-state index in [2.05, 4.69) is 10.3 Å². The van der Waals surface area contributed by atoms with Crippen LogP contribution in [0.25, 0.3) is 0 Å². The quantitative estimate of drug-likeness (QED) is 0.427. The predicted octanol–water partition coefficient (Wildman–Crippen LogP) is 4.42. The topological polar surface area (TPSA) is 106 Å². The standard InChI is InChI=1S/C29H23F4N5O3/c30-19-11-20(31)13-22(12-19)37(26(18-4-2-1-3-5-18)27(40)36-21-14-29(32,33)15-21)28(41)23-6-7-25(39)38(23)24-10-17(16-34)8-9-35-24/h1-5,8-13,21,23,26H,6-7,14-15H2,(H,36,40)/t23?,26-/m0/s1. The van der Waals surface area contributed by atoms with Gasteiger partial charge in [-0.15, -0.1) is 0 Å². The highest BCUT2D eigenvalue weighted by Crippen LogP contribution is 2.39. The van der Waals surface area contributed by atoms with Gasteiger partial charge in [0.05, 0.1) is 17.3 Å². The van der Waals surface area contributed by atoms with Crippen molar-refractivity contribution in [3.8, 4) is 6.07 Å². The molecule has 12 heteroatoms. The van der Waals surface area contributed by atoms with Gasteiger partial charge in [0, 0.05) is 37.6 Å². The SMILES string of the molecule is N#Cc1ccnc(N2C(=O)CCC2C(=O)N(c2cc(F)cc(F)c2)[C@H](C(=O)NC2CC(F)(F)C2)c2ccccc2)c1. The fraction of sp³-hybridized carbons (Fsp3) is 0.276. The summed E-state index contributed by atoms with van der Waals surface area (Å²) in [5.74, 6) is -7.13. The average Bonchev–Trinajstić information content (AvgIpc) is 3.31. The molecule has 3 amide bonds. The van der Waals surface area contributed by atoms with Crippen molar-refractivity contribution in [2.24, 2.45) is 0 Å². The molecule has 8 nitrogen and oxygen atoms in total. The number of halogens is 4. The molecule has 1 N–H and O–H groups in total. The van der Waals surface area contributed by atoms with Gasteiger partial charge in [0.1, 0.15) is 29.5 Å². The minimum atomic E-state index is -2.93. The van der Waals surface area contributed by atoms with Crippen LogP contribution in [0.4, 0.5) is 29.1 Å². The normalized spacial score (nSPS) is 18.8. The zero-order chi connectivity index (χ0) is 29.3. The fourth-order valence-electron chi connectivity index (χ4n) is 5.16. The van der Waals surface area contributed by atoms with Crippen LogP contribution in [0.3, 0.4) is 0 Å². The second-order valence-electron chi connectivity index (χ2n) is 9.95. The number of aromatic nitrogens is 1. The number of nitrogens with zero attached hydrogens (tertiary/aromatic N) is 4. The highest BCUT2D eigenvalue weighted by molar-refractivity contribution is 6.10. The molecule has 2 fully saturated rings. The third kappa shape index (κ3) is 5.75. The first kappa shape index (κ1) is 27.8. The monoisotopic (exact) mass is 565 g/mol. The van der Waals surface area contributed by atoms with Crippen molar-refractivity contribution in [1.29, 1.82) is 5.26 Å². The van der Waals surface area contributed by atoms with E-state index in [1.807, 2.05) is 6.07 Å². The molecule has 1 aliphatic carbocycles. The molecular weight excluding hydrogens is 542 g/mol. The maximum Gasteiger partial charge on any atom is 0.252 e. The molecule has 0 spiro atoms. The Balaban J connectivity index is 1.60. The molecule has 3 aromatic rings. The van der Waals surface area contributed by atoms with E-state index in [0.29, 0.717) is 6.07 Å². The molecule has 5 rings (SSSR count). The smallest absolute Gasteiger partial charge is 0.252 e. The molecule has 1 unspecified atom stereocenters. The number of benzene rings is 2. The maximum absolute atomic E-state index is 14.5. The van der Waals surface area contributed by atoms with Gasteiger partial charge in [0.15, 0.2) is 0 Å². The Kier molecular flexibility index (Phi) is 7.45. The van der Waals surface area contributed by atoms with Crippen molar-refractivity contribution < 1.29 is 31.9 Å². The van der Waals surface area contributed by atoms with Crippen LogP contribution in [0.2, 0.25) is 0 Å². The maximum atomic E-state index is 14.5. The highest BCUT2D eigenvalue weighted by atomic mass is 19.3. The van der Waals surface area contributed by atoms with Gasteiger partial charge >= 0.3 is 0 Å². The second kappa shape index (κ2) is 11.0. The number of nitrogens with one attached hydrogen (secondary N) is 1. The number of rotatable bonds is 7. The zero-order valence-electron chi connectivity index (χ0n) is 21.4. The molecule has 2 atom stereocenters. The van der Waals surface area contributed by atoms with Gasteiger partial charge in [-0.25, -0.2) is 22.5 Å². The van der Waals surface area contributed by atoms with E-state index in [4.69, 9.17) is 0 Å². The van der Waals surface area contributed by atoms with E-state index in [1.54, 1.807) is 18.2 Å². The Morgan fingerprint density at radius 2 is 1.76 bits per heavy atom. The number of pyridine rings is 1. The lowest BCUT2D eigenvalue weighted by Gasteiger charge is -2.39. The molecule has 1 saturated carbocycles. The number of nitriles is 1. The van der Waals surface area contributed by atoms with E-state index >= 15 is 0 Å².